The van der Waals surface area contributed by atoms with Crippen molar-refractivity contribution in [1.82, 2.24) is 9.97 Å². The molecule has 102 valence electrons. The van der Waals surface area contributed by atoms with Crippen LogP contribution in [0.25, 0.3) is 0 Å². The number of nitrogens with zero attached hydrogens (tertiary/aromatic N) is 3. The summed E-state index contributed by atoms with van der Waals surface area (Å²) < 4.78 is 0. The second-order valence-corrected chi connectivity index (χ2v) is 5.89. The summed E-state index contributed by atoms with van der Waals surface area (Å²) in [7, 11) is 0. The van der Waals surface area contributed by atoms with Gasteiger partial charge in [-0.15, -0.1) is 0 Å². The lowest BCUT2D eigenvalue weighted by molar-refractivity contribution is 0.773. The molecule has 0 N–H and O–H groups in total. The summed E-state index contributed by atoms with van der Waals surface area (Å²) in [6.07, 6.45) is 5.66. The summed E-state index contributed by atoms with van der Waals surface area (Å²) in [5, 5.41) is 0. The molecule has 0 radical (unpaired) electrons. The Morgan fingerprint density at radius 2 is 1.80 bits per heavy atom. The van der Waals surface area contributed by atoms with Crippen LogP contribution in [0, 0.1) is 0 Å². The summed E-state index contributed by atoms with van der Waals surface area (Å²) in [4.78, 5) is 11.6. The van der Waals surface area contributed by atoms with Crippen molar-refractivity contribution in [3.8, 4) is 0 Å². The molecule has 3 heteroatoms. The fourth-order valence-electron chi connectivity index (χ4n) is 3.04. The van der Waals surface area contributed by atoms with Gasteiger partial charge in [0.25, 0.3) is 0 Å². The Kier molecular flexibility index (Phi) is 2.91. The molecule has 1 saturated carbocycles. The predicted molar refractivity (Wildman–Crippen MR) is 80.0 cm³/mol. The van der Waals surface area contributed by atoms with E-state index in [0.29, 0.717) is 11.8 Å². The molecule has 2 aromatic rings. The van der Waals surface area contributed by atoms with Crippen LogP contribution in [0.15, 0.2) is 42.6 Å². The van der Waals surface area contributed by atoms with Crippen LogP contribution in [0.1, 0.15) is 42.5 Å². The smallest absolute Gasteiger partial charge is 0.133 e. The van der Waals surface area contributed by atoms with Crippen molar-refractivity contribution in [1.29, 1.82) is 0 Å². The zero-order valence-corrected chi connectivity index (χ0v) is 11.6. The van der Waals surface area contributed by atoms with Crippen LogP contribution < -0.4 is 4.90 Å². The highest BCUT2D eigenvalue weighted by molar-refractivity contribution is 5.41. The Bertz CT molecular complexity index is 592. The normalized spacial score (nSPS) is 22.2. The average Bonchev–Trinajstić information content (AvgIpc) is 3.25. The first-order chi connectivity index (χ1) is 9.90. The molecule has 4 rings (SSSR count). The van der Waals surface area contributed by atoms with Crippen molar-refractivity contribution in [3.63, 3.8) is 0 Å². The summed E-state index contributed by atoms with van der Waals surface area (Å²) >= 11 is 0. The summed E-state index contributed by atoms with van der Waals surface area (Å²) in [6, 6.07) is 12.9. The second-order valence-electron chi connectivity index (χ2n) is 5.89. The number of hydrogen-bond acceptors (Lipinski definition) is 3. The van der Waals surface area contributed by atoms with Crippen molar-refractivity contribution >= 4 is 5.82 Å². The molecule has 1 aromatic heterocycles. The van der Waals surface area contributed by atoms with Gasteiger partial charge >= 0.3 is 0 Å². The van der Waals surface area contributed by atoms with E-state index in [1.165, 1.54) is 24.8 Å². The van der Waals surface area contributed by atoms with Gasteiger partial charge in [-0.05, 0) is 30.9 Å². The lowest BCUT2D eigenvalue weighted by Crippen LogP contribution is -2.21. The minimum absolute atomic E-state index is 0.627. The van der Waals surface area contributed by atoms with Crippen molar-refractivity contribution < 1.29 is 0 Å². The van der Waals surface area contributed by atoms with Crippen LogP contribution in [0.4, 0.5) is 5.82 Å². The minimum atomic E-state index is 0.627. The third kappa shape index (κ3) is 2.28. The fourth-order valence-corrected chi connectivity index (χ4v) is 3.04. The van der Waals surface area contributed by atoms with E-state index in [4.69, 9.17) is 4.98 Å². The molecule has 0 amide bonds. The predicted octanol–water partition coefficient (Wildman–Crippen LogP) is 3.35. The van der Waals surface area contributed by atoms with Crippen LogP contribution in [-0.4, -0.2) is 23.1 Å². The van der Waals surface area contributed by atoms with Crippen LogP contribution in [-0.2, 0) is 0 Å². The van der Waals surface area contributed by atoms with E-state index in [0.717, 1.165) is 24.7 Å². The van der Waals surface area contributed by atoms with Crippen molar-refractivity contribution in [2.24, 2.45) is 0 Å². The van der Waals surface area contributed by atoms with Crippen molar-refractivity contribution in [3.05, 3.63) is 54.0 Å². The lowest BCUT2D eigenvalue weighted by Gasteiger charge is -2.18. The molecule has 2 fully saturated rings. The maximum Gasteiger partial charge on any atom is 0.133 e. The van der Waals surface area contributed by atoms with Gasteiger partial charge in [0, 0.05) is 31.1 Å². The van der Waals surface area contributed by atoms with Gasteiger partial charge in [-0.3, -0.25) is 0 Å². The van der Waals surface area contributed by atoms with E-state index < -0.39 is 0 Å². The van der Waals surface area contributed by atoms with Gasteiger partial charge in [-0.25, -0.2) is 9.97 Å². The molecule has 2 aliphatic rings. The van der Waals surface area contributed by atoms with Gasteiger partial charge in [0.2, 0.25) is 0 Å². The highest BCUT2D eigenvalue weighted by atomic mass is 15.2. The Balaban J connectivity index is 1.52. The van der Waals surface area contributed by atoms with Crippen LogP contribution >= 0.6 is 0 Å². The topological polar surface area (TPSA) is 29.0 Å². The minimum Gasteiger partial charge on any atom is -0.356 e. The van der Waals surface area contributed by atoms with E-state index in [2.05, 4.69) is 46.3 Å². The summed E-state index contributed by atoms with van der Waals surface area (Å²) in [5.41, 5.74) is 1.45. The van der Waals surface area contributed by atoms with Crippen LogP contribution in [0.3, 0.4) is 0 Å². The van der Waals surface area contributed by atoms with Crippen LogP contribution in [0.2, 0.25) is 0 Å². The third-order valence-corrected chi connectivity index (χ3v) is 4.39. The Morgan fingerprint density at radius 3 is 2.60 bits per heavy atom. The molecule has 1 aromatic carbocycles. The average molecular weight is 265 g/mol. The van der Waals surface area contributed by atoms with Gasteiger partial charge in [0.1, 0.15) is 11.6 Å². The molecule has 0 bridgehead atoms. The maximum absolute atomic E-state index is 4.76. The van der Waals surface area contributed by atoms with E-state index in [-0.39, 0.29) is 0 Å². The van der Waals surface area contributed by atoms with E-state index >= 15 is 0 Å². The van der Waals surface area contributed by atoms with Gasteiger partial charge in [-0.2, -0.15) is 0 Å². The fraction of sp³-hybridized carbons (Fsp3) is 0.412. The standard InChI is InChI=1S/C17H19N3/c1-2-4-13(5-3-1)15-9-11-20(12-15)16-8-10-18-17(19-16)14-6-7-14/h1-5,8,10,14-15H,6-7,9,11-12H2. The quantitative estimate of drug-likeness (QED) is 0.852. The molecule has 2 heterocycles. The first-order valence-corrected chi connectivity index (χ1v) is 7.53. The first kappa shape index (κ1) is 11.9. The lowest BCUT2D eigenvalue weighted by atomic mass is 9.99. The van der Waals surface area contributed by atoms with E-state index in [1.54, 1.807) is 0 Å². The Labute approximate surface area is 119 Å². The number of anilines is 1. The molecule has 20 heavy (non-hydrogen) atoms. The van der Waals surface area contributed by atoms with Gasteiger partial charge in [0.15, 0.2) is 0 Å². The second kappa shape index (κ2) is 4.89. The van der Waals surface area contributed by atoms with Crippen molar-refractivity contribution in [2.75, 3.05) is 18.0 Å². The van der Waals surface area contributed by atoms with Crippen LogP contribution in [0.5, 0.6) is 0 Å². The maximum atomic E-state index is 4.76. The molecule has 3 nitrogen and oxygen atoms in total. The molecular weight excluding hydrogens is 246 g/mol. The number of benzene rings is 1. The number of hydrogen-bond donors (Lipinski definition) is 0. The van der Waals surface area contributed by atoms with Gasteiger partial charge in [0.05, 0.1) is 0 Å². The first-order valence-electron chi connectivity index (χ1n) is 7.53. The number of rotatable bonds is 3. The molecule has 1 unspecified atom stereocenters. The largest absolute Gasteiger partial charge is 0.356 e. The SMILES string of the molecule is c1ccc(C2CCN(c3ccnc(C4CC4)n3)C2)cc1. The number of aromatic nitrogens is 2. The summed E-state index contributed by atoms with van der Waals surface area (Å²) in [6.45, 7) is 2.17. The monoisotopic (exact) mass is 265 g/mol. The molecule has 1 atom stereocenters. The Hall–Kier alpha value is -1.90. The summed E-state index contributed by atoms with van der Waals surface area (Å²) in [5.74, 6) is 3.42. The zero-order valence-electron chi connectivity index (χ0n) is 11.6. The third-order valence-electron chi connectivity index (χ3n) is 4.39. The molecular formula is C17H19N3. The Morgan fingerprint density at radius 1 is 0.950 bits per heavy atom. The highest BCUT2D eigenvalue weighted by Crippen LogP contribution is 2.38. The highest BCUT2D eigenvalue weighted by Gasteiger charge is 2.29. The zero-order chi connectivity index (χ0) is 13.4. The van der Waals surface area contributed by atoms with Gasteiger partial charge in [-0.1, -0.05) is 30.3 Å². The van der Waals surface area contributed by atoms with Crippen molar-refractivity contribution in [2.45, 2.75) is 31.1 Å². The van der Waals surface area contributed by atoms with Gasteiger partial charge < -0.3 is 4.90 Å². The molecule has 0 spiro atoms. The van der Waals surface area contributed by atoms with E-state index in [1.807, 2.05) is 6.20 Å². The van der Waals surface area contributed by atoms with E-state index in [9.17, 15) is 0 Å². The molecule has 1 saturated heterocycles. The molecule has 1 aliphatic carbocycles. The molecule has 1 aliphatic heterocycles.